The van der Waals surface area contributed by atoms with E-state index in [2.05, 4.69) is 38.8 Å². The predicted octanol–water partition coefficient (Wildman–Crippen LogP) is 4.84. The predicted molar refractivity (Wildman–Crippen MR) is 121 cm³/mol. The van der Waals surface area contributed by atoms with Gasteiger partial charge in [-0.15, -0.1) is 0 Å². The van der Waals surface area contributed by atoms with Gasteiger partial charge in [0.25, 0.3) is 11.5 Å². The Labute approximate surface area is 181 Å². The van der Waals surface area contributed by atoms with Crippen LogP contribution in [0.1, 0.15) is 72.2 Å². The second-order valence-electron chi connectivity index (χ2n) is 7.85. The summed E-state index contributed by atoms with van der Waals surface area (Å²) in [7, 11) is 0. The zero-order valence-corrected chi connectivity index (χ0v) is 19.0. The van der Waals surface area contributed by atoms with Gasteiger partial charge >= 0.3 is 0 Å². The van der Waals surface area contributed by atoms with E-state index in [1.807, 2.05) is 39.0 Å². The number of carbonyl (C=O) groups excluding carboxylic acids is 1. The van der Waals surface area contributed by atoms with Crippen molar-refractivity contribution in [2.24, 2.45) is 5.92 Å². The zero-order chi connectivity index (χ0) is 21.0. The van der Waals surface area contributed by atoms with Crippen LogP contribution in [0.2, 0.25) is 0 Å². The fourth-order valence-electron chi connectivity index (χ4n) is 4.29. The van der Waals surface area contributed by atoms with Crippen LogP contribution in [0.25, 0.3) is 0 Å². The van der Waals surface area contributed by atoms with E-state index in [0.29, 0.717) is 33.8 Å². The molecule has 2 aromatic rings. The van der Waals surface area contributed by atoms with E-state index in [1.165, 1.54) is 17.5 Å². The lowest BCUT2D eigenvalue weighted by atomic mass is 9.91. The van der Waals surface area contributed by atoms with Gasteiger partial charge in [-0.1, -0.05) is 50.1 Å². The highest BCUT2D eigenvalue weighted by molar-refractivity contribution is 9.10. The maximum atomic E-state index is 13.4. The van der Waals surface area contributed by atoms with Gasteiger partial charge < -0.3 is 10.7 Å². The van der Waals surface area contributed by atoms with Crippen LogP contribution in [0.4, 0.5) is 0 Å². The highest BCUT2D eigenvalue weighted by Gasteiger charge is 2.29. The molecule has 5 nitrogen and oxygen atoms in total. The van der Waals surface area contributed by atoms with Crippen LogP contribution in [0.3, 0.4) is 0 Å². The lowest BCUT2D eigenvalue weighted by Crippen LogP contribution is -2.38. The molecule has 1 aromatic heterocycles. The van der Waals surface area contributed by atoms with Gasteiger partial charge in [0.1, 0.15) is 0 Å². The van der Waals surface area contributed by atoms with Crippen molar-refractivity contribution < 1.29 is 4.79 Å². The van der Waals surface area contributed by atoms with Crippen molar-refractivity contribution in [3.63, 3.8) is 0 Å². The fourth-order valence-corrected chi connectivity index (χ4v) is 4.67. The molecule has 1 heterocycles. The number of benzene rings is 1. The average molecular weight is 460 g/mol. The molecule has 6 heteroatoms. The molecule has 1 amide bonds. The van der Waals surface area contributed by atoms with E-state index < -0.39 is 0 Å². The average Bonchev–Trinajstić information content (AvgIpc) is 3.26. The maximum absolute atomic E-state index is 13.4. The van der Waals surface area contributed by atoms with Gasteiger partial charge in [0, 0.05) is 6.54 Å². The quantitative estimate of drug-likeness (QED) is 0.622. The smallest absolute Gasteiger partial charge is 0.283 e. The minimum atomic E-state index is -0.166. The third-order valence-electron chi connectivity index (χ3n) is 5.86. The SMILES string of the molecule is CCCNn1c(C)c(C(=O)N[C@H](c2ccccc2)C2CCCC2)c(C)c(Br)c1=O. The van der Waals surface area contributed by atoms with E-state index in [0.717, 1.165) is 24.8 Å². The van der Waals surface area contributed by atoms with Crippen molar-refractivity contribution in [3.05, 3.63) is 67.5 Å². The lowest BCUT2D eigenvalue weighted by Gasteiger charge is -2.27. The van der Waals surface area contributed by atoms with Crippen LogP contribution >= 0.6 is 15.9 Å². The molecule has 3 rings (SSSR count). The van der Waals surface area contributed by atoms with Gasteiger partial charge in [0.05, 0.1) is 21.8 Å². The normalized spacial score (nSPS) is 15.3. The van der Waals surface area contributed by atoms with E-state index in [4.69, 9.17) is 0 Å². The molecule has 1 aliphatic rings. The third kappa shape index (κ3) is 4.58. The molecule has 0 radical (unpaired) electrons. The van der Waals surface area contributed by atoms with Gasteiger partial charge in [-0.25, -0.2) is 4.68 Å². The van der Waals surface area contributed by atoms with Crippen LogP contribution < -0.4 is 16.3 Å². The summed E-state index contributed by atoms with van der Waals surface area (Å²) in [5, 5.41) is 3.30. The molecule has 1 saturated carbocycles. The first-order chi connectivity index (χ1) is 14.0. The molecule has 2 N–H and O–H groups in total. The maximum Gasteiger partial charge on any atom is 0.283 e. The van der Waals surface area contributed by atoms with Gasteiger partial charge in [-0.05, 0) is 66.1 Å². The molecule has 0 spiro atoms. The van der Waals surface area contributed by atoms with Crippen LogP contribution in [-0.2, 0) is 0 Å². The number of halogens is 1. The summed E-state index contributed by atoms with van der Waals surface area (Å²) in [4.78, 5) is 26.1. The standard InChI is InChI=1S/C23H30BrN3O2/c1-4-14-25-27-16(3)19(15(2)20(24)23(27)29)22(28)26-21(18-12-8-9-13-18)17-10-6-5-7-11-17/h5-7,10-11,18,21,25H,4,8-9,12-14H2,1-3H3,(H,26,28)/t21-/m1/s1. The van der Waals surface area contributed by atoms with Gasteiger partial charge in [0.15, 0.2) is 0 Å². The Morgan fingerprint density at radius 3 is 2.48 bits per heavy atom. The Kier molecular flexibility index (Phi) is 7.17. The Morgan fingerprint density at radius 2 is 1.86 bits per heavy atom. The molecule has 29 heavy (non-hydrogen) atoms. The molecule has 0 bridgehead atoms. The number of pyridine rings is 1. The number of nitrogens with zero attached hydrogens (tertiary/aromatic N) is 1. The lowest BCUT2D eigenvalue weighted by molar-refractivity contribution is 0.0919. The third-order valence-corrected chi connectivity index (χ3v) is 6.79. The number of hydrogen-bond acceptors (Lipinski definition) is 3. The molecule has 1 aromatic carbocycles. The Bertz CT molecular complexity index is 918. The Hall–Kier alpha value is -2.08. The molecule has 156 valence electrons. The second-order valence-corrected chi connectivity index (χ2v) is 8.65. The molecular weight excluding hydrogens is 430 g/mol. The first-order valence-electron chi connectivity index (χ1n) is 10.5. The Balaban J connectivity index is 1.98. The summed E-state index contributed by atoms with van der Waals surface area (Å²) >= 11 is 3.40. The summed E-state index contributed by atoms with van der Waals surface area (Å²) < 4.78 is 1.91. The van der Waals surface area contributed by atoms with Crippen LogP contribution in [-0.4, -0.2) is 17.1 Å². The first kappa shape index (κ1) is 21.6. The van der Waals surface area contributed by atoms with Gasteiger partial charge in [-0.2, -0.15) is 0 Å². The number of aromatic nitrogens is 1. The number of amides is 1. The second kappa shape index (κ2) is 9.61. The minimum absolute atomic E-state index is 0.0206. The molecular formula is C23H30BrN3O2. The minimum Gasteiger partial charge on any atom is -0.345 e. The van der Waals surface area contributed by atoms with Crippen LogP contribution in [0.15, 0.2) is 39.6 Å². The van der Waals surface area contributed by atoms with E-state index >= 15 is 0 Å². The van der Waals surface area contributed by atoms with Gasteiger partial charge in [-0.3, -0.25) is 9.59 Å². The van der Waals surface area contributed by atoms with Crippen LogP contribution in [0, 0.1) is 19.8 Å². The summed E-state index contributed by atoms with van der Waals surface area (Å²) in [5.74, 6) is 0.308. The summed E-state index contributed by atoms with van der Waals surface area (Å²) in [6, 6.07) is 10.2. The van der Waals surface area contributed by atoms with Crippen molar-refractivity contribution in [3.8, 4) is 0 Å². The molecule has 0 saturated heterocycles. The summed E-state index contributed by atoms with van der Waals surface area (Å²) in [5.41, 5.74) is 5.97. The number of hydrogen-bond donors (Lipinski definition) is 2. The van der Waals surface area contributed by atoms with E-state index in [9.17, 15) is 9.59 Å². The first-order valence-corrected chi connectivity index (χ1v) is 11.3. The number of nitrogens with one attached hydrogen (secondary N) is 2. The number of rotatable bonds is 7. The molecule has 1 aliphatic carbocycles. The van der Waals surface area contributed by atoms with Crippen molar-refractivity contribution in [2.75, 3.05) is 12.0 Å². The highest BCUT2D eigenvalue weighted by Crippen LogP contribution is 2.36. The topological polar surface area (TPSA) is 63.1 Å². The van der Waals surface area contributed by atoms with Crippen LogP contribution in [0.5, 0.6) is 0 Å². The fraction of sp³-hybridized carbons (Fsp3) is 0.478. The van der Waals surface area contributed by atoms with Gasteiger partial charge in [0.2, 0.25) is 0 Å². The van der Waals surface area contributed by atoms with Crippen molar-refractivity contribution >= 4 is 21.8 Å². The largest absolute Gasteiger partial charge is 0.345 e. The zero-order valence-electron chi connectivity index (χ0n) is 17.4. The highest BCUT2D eigenvalue weighted by atomic mass is 79.9. The summed E-state index contributed by atoms with van der Waals surface area (Å²) in [6.45, 7) is 6.35. The monoisotopic (exact) mass is 459 g/mol. The molecule has 0 aliphatic heterocycles. The van der Waals surface area contributed by atoms with E-state index in [1.54, 1.807) is 0 Å². The van der Waals surface area contributed by atoms with Crippen molar-refractivity contribution in [1.82, 2.24) is 9.99 Å². The van der Waals surface area contributed by atoms with Crippen molar-refractivity contribution in [1.29, 1.82) is 0 Å². The van der Waals surface area contributed by atoms with Crippen molar-refractivity contribution in [2.45, 2.75) is 58.9 Å². The summed E-state index contributed by atoms with van der Waals surface area (Å²) in [6.07, 6.45) is 5.55. The number of carbonyl (C=O) groups is 1. The van der Waals surface area contributed by atoms with E-state index in [-0.39, 0.29) is 17.5 Å². The molecule has 1 fully saturated rings. The molecule has 1 atom stereocenters. The Morgan fingerprint density at radius 1 is 1.21 bits per heavy atom. The molecule has 0 unspecified atom stereocenters.